The molecule has 3 N–H and O–H groups in total. The van der Waals surface area contributed by atoms with E-state index in [2.05, 4.69) is 0 Å². The van der Waals surface area contributed by atoms with E-state index in [1.54, 1.807) is 0 Å². The molecule has 2 atom stereocenters. The first kappa shape index (κ1) is 10.7. The third kappa shape index (κ3) is 3.05. The smallest absolute Gasteiger partial charge is 0.324 e. The van der Waals surface area contributed by atoms with E-state index < -0.39 is 16.9 Å². The van der Waals surface area contributed by atoms with Gasteiger partial charge in [0.25, 0.3) is 0 Å². The molecule has 0 aromatic carbocycles. The van der Waals surface area contributed by atoms with E-state index in [0.717, 1.165) is 0 Å². The summed E-state index contributed by atoms with van der Waals surface area (Å²) >= 11 is 5.33. The van der Waals surface area contributed by atoms with Gasteiger partial charge in [0.15, 0.2) is 5.38 Å². The summed E-state index contributed by atoms with van der Waals surface area (Å²) in [7, 11) is 0. The topological polar surface area (TPSA) is 77.8 Å². The van der Waals surface area contributed by atoms with Crippen LogP contribution >= 0.6 is 11.6 Å². The van der Waals surface area contributed by atoms with Crippen LogP contribution in [-0.2, 0) is 4.79 Å². The Morgan fingerprint density at radius 2 is 2.18 bits per heavy atom. The Morgan fingerprint density at radius 3 is 2.45 bits per heavy atom. The van der Waals surface area contributed by atoms with Gasteiger partial charge in [-0.1, -0.05) is 0 Å². The summed E-state index contributed by atoms with van der Waals surface area (Å²) in [5.41, 5.74) is -1.55. The van der Waals surface area contributed by atoms with Crippen molar-refractivity contribution >= 4 is 17.6 Å². The van der Waals surface area contributed by atoms with Crippen molar-refractivity contribution in [3.63, 3.8) is 0 Å². The molecular weight excluding hydrogens is 172 g/mol. The van der Waals surface area contributed by atoms with Gasteiger partial charge in [-0.2, -0.15) is 0 Å². The number of carbonyl (C=O) groups is 1. The van der Waals surface area contributed by atoms with E-state index in [9.17, 15) is 9.90 Å². The number of hydrogen-bond donors (Lipinski definition) is 3. The summed E-state index contributed by atoms with van der Waals surface area (Å²) in [4.78, 5) is 10.2. The second kappa shape index (κ2) is 3.90. The fourth-order valence-electron chi connectivity index (χ4n) is 0.619. The Morgan fingerprint density at radius 1 is 1.73 bits per heavy atom. The summed E-state index contributed by atoms with van der Waals surface area (Å²) in [5.74, 6) is -1.29. The number of aliphatic hydroxyl groups excluding tert-OH is 1. The fraction of sp³-hybridized carbons (Fsp3) is 0.833. The SMILES string of the molecule is CC(O)(CCO)C(Cl)C(=O)O. The van der Waals surface area contributed by atoms with Gasteiger partial charge in [0, 0.05) is 13.0 Å². The Kier molecular flexibility index (Phi) is 3.78. The first-order chi connectivity index (χ1) is 4.91. The average Bonchev–Trinajstić information content (AvgIpc) is 1.86. The molecule has 0 aliphatic carbocycles. The summed E-state index contributed by atoms with van der Waals surface area (Å²) in [6, 6.07) is 0. The van der Waals surface area contributed by atoms with Gasteiger partial charge in [0.1, 0.15) is 0 Å². The number of rotatable bonds is 4. The van der Waals surface area contributed by atoms with Crippen molar-refractivity contribution in [2.75, 3.05) is 6.61 Å². The fourth-order valence-corrected chi connectivity index (χ4v) is 0.728. The lowest BCUT2D eigenvalue weighted by Crippen LogP contribution is -2.41. The second-order valence-corrected chi connectivity index (χ2v) is 2.97. The summed E-state index contributed by atoms with van der Waals surface area (Å²) in [6.07, 6.45) is -0.0481. The van der Waals surface area contributed by atoms with Gasteiger partial charge in [-0.3, -0.25) is 4.79 Å². The van der Waals surface area contributed by atoms with Gasteiger partial charge in [-0.25, -0.2) is 0 Å². The molecular formula is C6H11ClO4. The van der Waals surface area contributed by atoms with Crippen LogP contribution in [0.25, 0.3) is 0 Å². The summed E-state index contributed by atoms with van der Waals surface area (Å²) < 4.78 is 0. The van der Waals surface area contributed by atoms with Crippen molar-refractivity contribution in [2.24, 2.45) is 0 Å². The lowest BCUT2D eigenvalue weighted by molar-refractivity contribution is -0.141. The highest BCUT2D eigenvalue weighted by atomic mass is 35.5. The van der Waals surface area contributed by atoms with E-state index in [0.29, 0.717) is 0 Å². The highest BCUT2D eigenvalue weighted by Gasteiger charge is 2.35. The average molecular weight is 183 g/mol. The van der Waals surface area contributed by atoms with Gasteiger partial charge in [-0.15, -0.1) is 11.6 Å². The normalized spacial score (nSPS) is 18.9. The minimum atomic E-state index is -1.55. The monoisotopic (exact) mass is 182 g/mol. The van der Waals surface area contributed by atoms with Crippen LogP contribution < -0.4 is 0 Å². The van der Waals surface area contributed by atoms with Gasteiger partial charge >= 0.3 is 5.97 Å². The van der Waals surface area contributed by atoms with Crippen LogP contribution in [0.15, 0.2) is 0 Å². The molecule has 0 spiro atoms. The van der Waals surface area contributed by atoms with Crippen molar-refractivity contribution in [1.29, 1.82) is 0 Å². The zero-order chi connectivity index (χ0) is 9.07. The molecule has 66 valence electrons. The number of aliphatic hydroxyl groups is 2. The molecule has 0 fully saturated rings. The molecule has 0 aromatic heterocycles. The molecule has 0 radical (unpaired) electrons. The van der Waals surface area contributed by atoms with E-state index in [-0.39, 0.29) is 13.0 Å². The Labute approximate surface area is 69.4 Å². The standard InChI is InChI=1S/C6H11ClO4/c1-6(11,2-3-8)4(7)5(9)10/h4,8,11H,2-3H2,1H3,(H,9,10). The first-order valence-corrected chi connectivity index (χ1v) is 3.55. The van der Waals surface area contributed by atoms with Crippen LogP contribution in [0, 0.1) is 0 Å². The molecule has 0 aliphatic rings. The number of carboxylic acids is 1. The van der Waals surface area contributed by atoms with Gasteiger partial charge < -0.3 is 15.3 Å². The van der Waals surface area contributed by atoms with Crippen molar-refractivity contribution in [2.45, 2.75) is 24.3 Å². The van der Waals surface area contributed by atoms with Crippen LogP contribution in [0.1, 0.15) is 13.3 Å². The lowest BCUT2D eigenvalue weighted by atomic mass is 9.98. The molecule has 5 heteroatoms. The van der Waals surface area contributed by atoms with Crippen molar-refractivity contribution in [3.8, 4) is 0 Å². The third-order valence-corrected chi connectivity index (χ3v) is 2.04. The maximum atomic E-state index is 10.2. The maximum absolute atomic E-state index is 10.2. The third-order valence-electron chi connectivity index (χ3n) is 1.38. The largest absolute Gasteiger partial charge is 0.480 e. The Bertz CT molecular complexity index is 146. The number of aliphatic carboxylic acids is 1. The molecule has 0 saturated carbocycles. The van der Waals surface area contributed by atoms with Crippen LogP contribution in [0.2, 0.25) is 0 Å². The van der Waals surface area contributed by atoms with E-state index in [1.807, 2.05) is 0 Å². The molecule has 4 nitrogen and oxygen atoms in total. The predicted octanol–water partition coefficient (Wildman–Crippen LogP) is -0.188. The zero-order valence-corrected chi connectivity index (χ0v) is 6.88. The molecule has 11 heavy (non-hydrogen) atoms. The number of hydrogen-bond acceptors (Lipinski definition) is 3. The molecule has 0 aromatic rings. The van der Waals surface area contributed by atoms with Crippen LogP contribution in [0.3, 0.4) is 0 Å². The molecule has 0 saturated heterocycles. The lowest BCUT2D eigenvalue weighted by Gasteiger charge is -2.24. The van der Waals surface area contributed by atoms with Crippen LogP contribution in [-0.4, -0.2) is 38.9 Å². The van der Waals surface area contributed by atoms with E-state index in [1.165, 1.54) is 6.92 Å². The minimum Gasteiger partial charge on any atom is -0.480 e. The van der Waals surface area contributed by atoms with Gasteiger partial charge in [0.05, 0.1) is 5.60 Å². The van der Waals surface area contributed by atoms with Crippen molar-refractivity contribution in [1.82, 2.24) is 0 Å². The summed E-state index contributed by atoms with van der Waals surface area (Å²) in [5, 5.41) is 24.7. The number of halogens is 1. The first-order valence-electron chi connectivity index (χ1n) is 3.12. The second-order valence-electron chi connectivity index (χ2n) is 2.53. The van der Waals surface area contributed by atoms with Crippen molar-refractivity contribution < 1.29 is 20.1 Å². The Balaban J connectivity index is 4.16. The molecule has 0 bridgehead atoms. The van der Waals surface area contributed by atoms with Crippen LogP contribution in [0.4, 0.5) is 0 Å². The number of alkyl halides is 1. The van der Waals surface area contributed by atoms with Crippen LogP contribution in [0.5, 0.6) is 0 Å². The predicted molar refractivity (Wildman–Crippen MR) is 39.6 cm³/mol. The maximum Gasteiger partial charge on any atom is 0.324 e. The van der Waals surface area contributed by atoms with E-state index >= 15 is 0 Å². The van der Waals surface area contributed by atoms with E-state index in [4.69, 9.17) is 21.8 Å². The molecule has 2 unspecified atom stereocenters. The number of carboxylic acid groups (broad SMARTS) is 1. The highest BCUT2D eigenvalue weighted by molar-refractivity contribution is 6.30. The quantitative estimate of drug-likeness (QED) is 0.527. The molecule has 0 amide bonds. The zero-order valence-electron chi connectivity index (χ0n) is 6.12. The molecule has 0 heterocycles. The molecule has 0 rings (SSSR count). The van der Waals surface area contributed by atoms with Gasteiger partial charge in [-0.05, 0) is 6.92 Å². The minimum absolute atomic E-state index is 0.0481. The highest BCUT2D eigenvalue weighted by Crippen LogP contribution is 2.19. The van der Waals surface area contributed by atoms with Gasteiger partial charge in [0.2, 0.25) is 0 Å². The summed E-state index contributed by atoms with van der Waals surface area (Å²) in [6.45, 7) is 0.985. The Hall–Kier alpha value is -0.320. The molecule has 0 aliphatic heterocycles. The van der Waals surface area contributed by atoms with Crippen molar-refractivity contribution in [3.05, 3.63) is 0 Å².